The summed E-state index contributed by atoms with van der Waals surface area (Å²) in [5.41, 5.74) is 7.99. The first-order chi connectivity index (χ1) is 9.58. The lowest BCUT2D eigenvalue weighted by molar-refractivity contribution is -0.122. The van der Waals surface area contributed by atoms with Crippen LogP contribution in [0.25, 0.3) is 0 Å². The van der Waals surface area contributed by atoms with Gasteiger partial charge in [0.2, 0.25) is 5.91 Å². The smallest absolute Gasteiger partial charge is 0.241 e. The zero-order valence-electron chi connectivity index (χ0n) is 12.9. The molecule has 0 aliphatic carbocycles. The number of nitrogens with one attached hydrogen (secondary N) is 1. The first-order valence-electron chi connectivity index (χ1n) is 7.40. The Morgan fingerprint density at radius 2 is 1.90 bits per heavy atom. The Labute approximate surface area is 122 Å². The van der Waals surface area contributed by atoms with Crippen LogP contribution in [0.3, 0.4) is 0 Å². The van der Waals surface area contributed by atoms with Crippen LogP contribution >= 0.6 is 0 Å². The number of nitrogens with zero attached hydrogens (tertiary/aromatic N) is 1. The van der Waals surface area contributed by atoms with Gasteiger partial charge in [-0.15, -0.1) is 0 Å². The molecule has 0 aliphatic heterocycles. The number of carbonyl (C=O) groups is 1. The summed E-state index contributed by atoms with van der Waals surface area (Å²) in [4.78, 5) is 14.3. The zero-order chi connectivity index (χ0) is 15.0. The predicted molar refractivity (Wildman–Crippen MR) is 83.5 cm³/mol. The van der Waals surface area contributed by atoms with Crippen LogP contribution in [-0.4, -0.2) is 37.0 Å². The maximum atomic E-state index is 12.0. The Kier molecular flexibility index (Phi) is 7.26. The molecule has 0 aliphatic rings. The van der Waals surface area contributed by atoms with Gasteiger partial charge < -0.3 is 16.0 Å². The van der Waals surface area contributed by atoms with Crippen molar-refractivity contribution in [3.05, 3.63) is 35.4 Å². The van der Waals surface area contributed by atoms with Crippen molar-refractivity contribution in [1.82, 2.24) is 10.2 Å². The second kappa shape index (κ2) is 8.72. The van der Waals surface area contributed by atoms with E-state index in [2.05, 4.69) is 24.1 Å². The fraction of sp³-hybridized carbons (Fsp3) is 0.562. The van der Waals surface area contributed by atoms with E-state index in [0.29, 0.717) is 6.54 Å². The van der Waals surface area contributed by atoms with E-state index in [1.54, 1.807) is 0 Å². The number of hydrogen-bond acceptors (Lipinski definition) is 3. The van der Waals surface area contributed by atoms with Crippen LogP contribution in [-0.2, 0) is 4.79 Å². The molecule has 4 heteroatoms. The molecular weight excluding hydrogens is 250 g/mol. The molecule has 0 spiro atoms. The molecule has 0 aromatic heterocycles. The van der Waals surface area contributed by atoms with Gasteiger partial charge in [-0.2, -0.15) is 0 Å². The highest BCUT2D eigenvalue weighted by Crippen LogP contribution is 2.11. The van der Waals surface area contributed by atoms with Gasteiger partial charge in [0.15, 0.2) is 0 Å². The lowest BCUT2D eigenvalue weighted by Crippen LogP contribution is -2.39. The summed E-state index contributed by atoms with van der Waals surface area (Å²) in [6.07, 6.45) is 1.13. The molecule has 1 atom stereocenters. The van der Waals surface area contributed by atoms with Gasteiger partial charge in [0, 0.05) is 13.1 Å². The summed E-state index contributed by atoms with van der Waals surface area (Å²) in [7, 11) is 0. The molecule has 4 nitrogen and oxygen atoms in total. The van der Waals surface area contributed by atoms with Crippen molar-refractivity contribution in [1.29, 1.82) is 0 Å². The van der Waals surface area contributed by atoms with Crippen LogP contribution in [0.4, 0.5) is 0 Å². The highest BCUT2D eigenvalue weighted by Gasteiger charge is 2.15. The molecule has 0 saturated carbocycles. The maximum absolute atomic E-state index is 12.0. The average Bonchev–Trinajstić information content (AvgIpc) is 2.46. The summed E-state index contributed by atoms with van der Waals surface area (Å²) in [5.74, 6) is -0.110. The number of amides is 1. The van der Waals surface area contributed by atoms with E-state index in [4.69, 9.17) is 5.73 Å². The minimum absolute atomic E-state index is 0.110. The second-order valence-electron chi connectivity index (χ2n) is 5.11. The molecular formula is C16H27N3O. The van der Waals surface area contributed by atoms with Crippen molar-refractivity contribution in [2.75, 3.05) is 26.2 Å². The van der Waals surface area contributed by atoms with E-state index in [-0.39, 0.29) is 5.91 Å². The third kappa shape index (κ3) is 5.31. The fourth-order valence-corrected chi connectivity index (χ4v) is 2.12. The van der Waals surface area contributed by atoms with Gasteiger partial charge >= 0.3 is 0 Å². The molecule has 0 bridgehead atoms. The lowest BCUT2D eigenvalue weighted by Gasteiger charge is -2.20. The summed E-state index contributed by atoms with van der Waals surface area (Å²) in [6.45, 7) is 9.90. The van der Waals surface area contributed by atoms with Crippen LogP contribution in [0, 0.1) is 6.92 Å². The molecule has 0 fully saturated rings. The maximum Gasteiger partial charge on any atom is 0.241 e. The number of carbonyl (C=O) groups excluding carboxylic acids is 1. The van der Waals surface area contributed by atoms with Gasteiger partial charge in [-0.25, -0.2) is 0 Å². The number of rotatable bonds is 8. The quantitative estimate of drug-likeness (QED) is 0.762. The molecule has 0 heterocycles. The van der Waals surface area contributed by atoms with Gasteiger partial charge in [0.25, 0.3) is 0 Å². The van der Waals surface area contributed by atoms with Gasteiger partial charge in [-0.1, -0.05) is 43.7 Å². The predicted octanol–water partition coefficient (Wildman–Crippen LogP) is 1.84. The Balaban J connectivity index is 2.40. The van der Waals surface area contributed by atoms with Gasteiger partial charge in [-0.3, -0.25) is 4.79 Å². The molecule has 0 saturated heterocycles. The topological polar surface area (TPSA) is 58.4 Å². The van der Waals surface area contributed by atoms with Crippen molar-refractivity contribution in [3.63, 3.8) is 0 Å². The molecule has 1 aromatic rings. The summed E-state index contributed by atoms with van der Waals surface area (Å²) >= 11 is 0. The highest BCUT2D eigenvalue weighted by molar-refractivity contribution is 5.82. The first kappa shape index (κ1) is 16.7. The van der Waals surface area contributed by atoms with Crippen molar-refractivity contribution >= 4 is 5.91 Å². The van der Waals surface area contributed by atoms with Crippen LogP contribution in [0.2, 0.25) is 0 Å². The second-order valence-corrected chi connectivity index (χ2v) is 5.11. The molecule has 1 aromatic carbocycles. The number of benzene rings is 1. The Morgan fingerprint density at radius 1 is 1.25 bits per heavy atom. The molecule has 1 amide bonds. The van der Waals surface area contributed by atoms with Crippen molar-refractivity contribution in [3.8, 4) is 0 Å². The Bertz CT molecular complexity index is 403. The van der Waals surface area contributed by atoms with Crippen molar-refractivity contribution in [2.45, 2.75) is 33.2 Å². The largest absolute Gasteiger partial charge is 0.353 e. The number of aryl methyl sites for hydroxylation is 1. The van der Waals surface area contributed by atoms with E-state index >= 15 is 0 Å². The zero-order valence-corrected chi connectivity index (χ0v) is 12.9. The average molecular weight is 277 g/mol. The molecule has 1 rings (SSSR count). The van der Waals surface area contributed by atoms with Crippen molar-refractivity contribution < 1.29 is 4.79 Å². The monoisotopic (exact) mass is 277 g/mol. The first-order valence-corrected chi connectivity index (χ1v) is 7.40. The standard InChI is InChI=1S/C16H27N3O/c1-4-11-19(5-2)12-10-18-16(20)15(17)14-8-6-13(3)7-9-14/h6-9,15H,4-5,10-12,17H2,1-3H3,(H,18,20). The van der Waals surface area contributed by atoms with Gasteiger partial charge in [0.1, 0.15) is 6.04 Å². The minimum Gasteiger partial charge on any atom is -0.353 e. The molecule has 3 N–H and O–H groups in total. The van der Waals surface area contributed by atoms with Crippen LogP contribution in [0.1, 0.15) is 37.4 Å². The van der Waals surface area contributed by atoms with E-state index in [9.17, 15) is 4.79 Å². The summed E-state index contributed by atoms with van der Waals surface area (Å²) < 4.78 is 0. The summed E-state index contributed by atoms with van der Waals surface area (Å²) in [6, 6.07) is 7.19. The van der Waals surface area contributed by atoms with E-state index < -0.39 is 6.04 Å². The fourth-order valence-electron chi connectivity index (χ4n) is 2.12. The number of likely N-dealkylation sites (N-methyl/N-ethyl adjacent to an activating group) is 1. The third-order valence-electron chi connectivity index (χ3n) is 3.43. The van der Waals surface area contributed by atoms with Crippen LogP contribution in [0.5, 0.6) is 0 Å². The number of hydrogen-bond donors (Lipinski definition) is 2. The third-order valence-corrected chi connectivity index (χ3v) is 3.43. The van der Waals surface area contributed by atoms with Gasteiger partial charge in [0.05, 0.1) is 0 Å². The van der Waals surface area contributed by atoms with E-state index in [0.717, 1.165) is 31.6 Å². The van der Waals surface area contributed by atoms with E-state index in [1.165, 1.54) is 5.56 Å². The van der Waals surface area contributed by atoms with Gasteiger partial charge in [-0.05, 0) is 32.0 Å². The molecule has 1 unspecified atom stereocenters. The van der Waals surface area contributed by atoms with Crippen molar-refractivity contribution in [2.24, 2.45) is 5.73 Å². The Hall–Kier alpha value is -1.39. The highest BCUT2D eigenvalue weighted by atomic mass is 16.2. The lowest BCUT2D eigenvalue weighted by atomic mass is 10.1. The Morgan fingerprint density at radius 3 is 2.45 bits per heavy atom. The number of nitrogens with two attached hydrogens (primary N) is 1. The molecule has 0 radical (unpaired) electrons. The minimum atomic E-state index is -0.586. The summed E-state index contributed by atoms with van der Waals surface area (Å²) in [5, 5.41) is 2.91. The van der Waals surface area contributed by atoms with E-state index in [1.807, 2.05) is 31.2 Å². The van der Waals surface area contributed by atoms with Crippen LogP contribution < -0.4 is 11.1 Å². The van der Waals surface area contributed by atoms with Crippen LogP contribution in [0.15, 0.2) is 24.3 Å². The normalized spacial score (nSPS) is 12.4. The molecule has 112 valence electrons. The molecule has 20 heavy (non-hydrogen) atoms. The SMILES string of the molecule is CCCN(CC)CCNC(=O)C(N)c1ccc(C)cc1.